The first-order chi connectivity index (χ1) is 8.86. The van der Waals surface area contributed by atoms with Crippen LogP contribution in [0, 0.1) is 17.2 Å². The molecular weight excluding hydrogens is 252 g/mol. The number of nitriles is 1. The topological polar surface area (TPSA) is 127 Å². The van der Waals surface area contributed by atoms with E-state index in [1.54, 1.807) is 6.07 Å². The van der Waals surface area contributed by atoms with Gasteiger partial charge in [0.15, 0.2) is 11.7 Å². The molecule has 7 heteroatoms. The van der Waals surface area contributed by atoms with Gasteiger partial charge >= 0.3 is 5.97 Å². The third kappa shape index (κ3) is 3.29. The predicted octanol–water partition coefficient (Wildman–Crippen LogP) is 0.758. The van der Waals surface area contributed by atoms with Gasteiger partial charge in [-0.2, -0.15) is 5.26 Å². The number of phenols is 1. The fourth-order valence-electron chi connectivity index (χ4n) is 1.33. The lowest BCUT2D eigenvalue weighted by molar-refractivity contribution is -0.127. The van der Waals surface area contributed by atoms with Crippen LogP contribution in [0.3, 0.4) is 0 Å². The number of carboxylic acids is 1. The molecule has 1 aromatic carbocycles. The van der Waals surface area contributed by atoms with Crippen molar-refractivity contribution in [3.8, 4) is 11.8 Å². The Kier molecular flexibility index (Phi) is 4.21. The van der Waals surface area contributed by atoms with Crippen molar-refractivity contribution in [2.45, 2.75) is 6.92 Å². The quantitative estimate of drug-likeness (QED) is 0.542. The molecule has 0 heterocycles. The third-order valence-corrected chi connectivity index (χ3v) is 2.29. The molecule has 0 fully saturated rings. The van der Waals surface area contributed by atoms with Gasteiger partial charge in [-0.15, -0.1) is 0 Å². The van der Waals surface area contributed by atoms with Crippen LogP contribution in [0.15, 0.2) is 18.2 Å². The van der Waals surface area contributed by atoms with Crippen molar-refractivity contribution in [3.05, 3.63) is 23.8 Å². The van der Waals surface area contributed by atoms with E-state index in [0.717, 1.165) is 19.1 Å². The number of aromatic carboxylic acids is 1. The van der Waals surface area contributed by atoms with Crippen LogP contribution in [0.4, 0.5) is 5.69 Å². The summed E-state index contributed by atoms with van der Waals surface area (Å²) in [6.07, 6.45) is 0. The van der Waals surface area contributed by atoms with Gasteiger partial charge in [0.2, 0.25) is 5.91 Å². The monoisotopic (exact) mass is 262 g/mol. The van der Waals surface area contributed by atoms with Crippen molar-refractivity contribution in [1.29, 1.82) is 5.26 Å². The molecule has 0 saturated carbocycles. The van der Waals surface area contributed by atoms with Crippen molar-refractivity contribution in [3.63, 3.8) is 0 Å². The molecule has 1 unspecified atom stereocenters. The highest BCUT2D eigenvalue weighted by atomic mass is 16.4. The molecule has 0 saturated heterocycles. The summed E-state index contributed by atoms with van der Waals surface area (Å²) in [6.45, 7) is 1.10. The molecule has 0 spiro atoms. The van der Waals surface area contributed by atoms with Gasteiger partial charge in [-0.25, -0.2) is 4.79 Å². The number of hydrogen-bond acceptors (Lipinski definition) is 5. The van der Waals surface area contributed by atoms with Gasteiger partial charge in [-0.3, -0.25) is 9.59 Å². The molecule has 0 aliphatic heterocycles. The van der Waals surface area contributed by atoms with Crippen LogP contribution in [-0.2, 0) is 9.59 Å². The van der Waals surface area contributed by atoms with Gasteiger partial charge in [0.25, 0.3) is 0 Å². The van der Waals surface area contributed by atoms with E-state index in [9.17, 15) is 19.5 Å². The van der Waals surface area contributed by atoms with Crippen molar-refractivity contribution in [2.75, 3.05) is 5.32 Å². The van der Waals surface area contributed by atoms with Crippen LogP contribution in [0.25, 0.3) is 0 Å². The fraction of sp³-hybridized carbons (Fsp3) is 0.167. The first kappa shape index (κ1) is 14.2. The van der Waals surface area contributed by atoms with Gasteiger partial charge in [0.1, 0.15) is 11.3 Å². The SMILES string of the molecule is CC(=O)C(C#N)C(=O)Nc1ccc(O)c(C(=O)O)c1. The minimum Gasteiger partial charge on any atom is -0.507 e. The van der Waals surface area contributed by atoms with Crippen molar-refractivity contribution >= 4 is 23.3 Å². The summed E-state index contributed by atoms with van der Waals surface area (Å²) in [4.78, 5) is 33.4. The number of aromatic hydroxyl groups is 1. The number of carbonyl (C=O) groups is 3. The Morgan fingerprint density at radius 3 is 2.47 bits per heavy atom. The molecule has 0 radical (unpaired) electrons. The maximum absolute atomic E-state index is 11.6. The number of carboxylic acid groups (broad SMARTS) is 1. The minimum absolute atomic E-state index is 0.0710. The van der Waals surface area contributed by atoms with E-state index >= 15 is 0 Å². The lowest BCUT2D eigenvalue weighted by atomic mass is 10.1. The van der Waals surface area contributed by atoms with Crippen LogP contribution in [-0.4, -0.2) is 27.9 Å². The molecule has 98 valence electrons. The number of nitrogens with zero attached hydrogens (tertiary/aromatic N) is 1. The second-order valence-corrected chi connectivity index (χ2v) is 3.70. The average molecular weight is 262 g/mol. The molecule has 0 bridgehead atoms. The first-order valence-corrected chi connectivity index (χ1v) is 5.14. The largest absolute Gasteiger partial charge is 0.507 e. The first-order valence-electron chi connectivity index (χ1n) is 5.14. The van der Waals surface area contributed by atoms with Gasteiger partial charge in [0, 0.05) is 5.69 Å². The smallest absolute Gasteiger partial charge is 0.339 e. The number of benzene rings is 1. The molecule has 1 rings (SSSR count). The van der Waals surface area contributed by atoms with Crippen LogP contribution < -0.4 is 5.32 Å². The summed E-state index contributed by atoms with van der Waals surface area (Å²) in [5.41, 5.74) is -0.323. The summed E-state index contributed by atoms with van der Waals surface area (Å²) in [5, 5.41) is 29.0. The fourth-order valence-corrected chi connectivity index (χ4v) is 1.33. The van der Waals surface area contributed by atoms with Crippen molar-refractivity contribution in [2.24, 2.45) is 5.92 Å². The van der Waals surface area contributed by atoms with E-state index in [1.165, 1.54) is 6.07 Å². The van der Waals surface area contributed by atoms with Gasteiger partial charge in [-0.1, -0.05) is 0 Å². The number of Topliss-reactive ketones (excluding diaryl/α,β-unsaturated/α-hetero) is 1. The average Bonchev–Trinajstić information content (AvgIpc) is 2.31. The van der Waals surface area contributed by atoms with E-state index in [1.807, 2.05) is 0 Å². The number of ketones is 1. The number of rotatable bonds is 4. The summed E-state index contributed by atoms with van der Waals surface area (Å²) in [7, 11) is 0. The second kappa shape index (κ2) is 5.64. The zero-order valence-electron chi connectivity index (χ0n) is 9.88. The maximum Gasteiger partial charge on any atom is 0.339 e. The maximum atomic E-state index is 11.6. The second-order valence-electron chi connectivity index (χ2n) is 3.70. The number of hydrogen-bond donors (Lipinski definition) is 3. The Bertz CT molecular complexity index is 588. The summed E-state index contributed by atoms with van der Waals surface area (Å²) >= 11 is 0. The van der Waals surface area contributed by atoms with Crippen molar-refractivity contribution in [1.82, 2.24) is 0 Å². The van der Waals surface area contributed by atoms with E-state index in [2.05, 4.69) is 5.32 Å². The molecule has 7 nitrogen and oxygen atoms in total. The summed E-state index contributed by atoms with van der Waals surface area (Å²) < 4.78 is 0. The molecule has 1 aromatic rings. The van der Waals surface area contributed by atoms with Crippen LogP contribution in [0.2, 0.25) is 0 Å². The Hall–Kier alpha value is -2.88. The number of carbonyl (C=O) groups excluding carboxylic acids is 2. The third-order valence-electron chi connectivity index (χ3n) is 2.29. The normalized spacial score (nSPS) is 11.2. The summed E-state index contributed by atoms with van der Waals surface area (Å²) in [6, 6.07) is 4.92. The van der Waals surface area contributed by atoms with Crippen LogP contribution >= 0.6 is 0 Å². The van der Waals surface area contributed by atoms with E-state index in [4.69, 9.17) is 10.4 Å². The number of anilines is 1. The standard InChI is InChI=1S/C12H10N2O5/c1-6(15)9(5-13)11(17)14-7-2-3-10(16)8(4-7)12(18)19/h2-4,9,16H,1H3,(H,14,17)(H,18,19). The molecule has 1 amide bonds. The highest BCUT2D eigenvalue weighted by Gasteiger charge is 2.23. The predicted molar refractivity (Wildman–Crippen MR) is 63.5 cm³/mol. The lowest BCUT2D eigenvalue weighted by Gasteiger charge is -2.09. The van der Waals surface area contributed by atoms with Gasteiger partial charge in [0.05, 0.1) is 6.07 Å². The van der Waals surface area contributed by atoms with Crippen molar-refractivity contribution < 1.29 is 24.6 Å². The van der Waals surface area contributed by atoms with Crippen LogP contribution in [0.5, 0.6) is 5.75 Å². The van der Waals surface area contributed by atoms with Gasteiger partial charge in [-0.05, 0) is 25.1 Å². The Morgan fingerprint density at radius 1 is 1.37 bits per heavy atom. The molecule has 19 heavy (non-hydrogen) atoms. The summed E-state index contributed by atoms with van der Waals surface area (Å²) in [5.74, 6) is -4.73. The molecule has 0 aliphatic carbocycles. The molecule has 0 aliphatic rings. The van der Waals surface area contributed by atoms with E-state index in [0.29, 0.717) is 0 Å². The van der Waals surface area contributed by atoms with E-state index in [-0.39, 0.29) is 5.69 Å². The lowest BCUT2D eigenvalue weighted by Crippen LogP contribution is -2.26. The van der Waals surface area contributed by atoms with Gasteiger partial charge < -0.3 is 15.5 Å². The molecular formula is C12H10N2O5. The molecule has 0 aromatic heterocycles. The number of nitrogens with one attached hydrogen (secondary N) is 1. The molecule has 1 atom stereocenters. The highest BCUT2D eigenvalue weighted by Crippen LogP contribution is 2.21. The highest BCUT2D eigenvalue weighted by molar-refractivity contribution is 6.09. The Labute approximate surface area is 108 Å². The Morgan fingerprint density at radius 2 is 2.00 bits per heavy atom. The number of amides is 1. The zero-order chi connectivity index (χ0) is 14.6. The van der Waals surface area contributed by atoms with E-state index < -0.39 is 34.9 Å². The zero-order valence-corrected chi connectivity index (χ0v) is 9.88. The minimum atomic E-state index is -1.46. The van der Waals surface area contributed by atoms with Crippen LogP contribution in [0.1, 0.15) is 17.3 Å². The Balaban J connectivity index is 2.98. The molecule has 3 N–H and O–H groups in total.